The monoisotopic (exact) mass is 258 g/mol. The second-order valence-corrected chi connectivity index (χ2v) is 4.27. The van der Waals surface area contributed by atoms with Crippen molar-refractivity contribution in [1.82, 2.24) is 9.97 Å². The summed E-state index contributed by atoms with van der Waals surface area (Å²) in [6.07, 6.45) is 1.71. The highest BCUT2D eigenvalue weighted by Crippen LogP contribution is 2.32. The minimum atomic E-state index is 0.326. The lowest BCUT2D eigenvalue weighted by molar-refractivity contribution is 0.415. The average Bonchev–Trinajstić information content (AvgIpc) is 2.46. The van der Waals surface area contributed by atoms with Crippen LogP contribution in [0.25, 0.3) is 0 Å². The van der Waals surface area contributed by atoms with E-state index >= 15 is 0 Å². The van der Waals surface area contributed by atoms with E-state index in [1.54, 1.807) is 13.3 Å². The SMILES string of the molecule is COc1ccc(C)cc1N(C)c1ccnc(CN)n1. The Labute approximate surface area is 113 Å². The average molecular weight is 258 g/mol. The molecule has 0 amide bonds. The van der Waals surface area contributed by atoms with Crippen molar-refractivity contribution >= 4 is 11.5 Å². The molecule has 0 saturated heterocycles. The van der Waals surface area contributed by atoms with E-state index in [1.807, 2.05) is 37.1 Å². The van der Waals surface area contributed by atoms with Gasteiger partial charge in [0, 0.05) is 13.2 Å². The van der Waals surface area contributed by atoms with Gasteiger partial charge in [-0.25, -0.2) is 9.97 Å². The third kappa shape index (κ3) is 2.82. The van der Waals surface area contributed by atoms with Crippen molar-refractivity contribution < 1.29 is 4.74 Å². The van der Waals surface area contributed by atoms with Gasteiger partial charge in [-0.2, -0.15) is 0 Å². The van der Waals surface area contributed by atoms with Crippen LogP contribution in [0, 0.1) is 6.92 Å². The van der Waals surface area contributed by atoms with Crippen LogP contribution in [0.15, 0.2) is 30.5 Å². The van der Waals surface area contributed by atoms with Crippen LogP contribution < -0.4 is 15.4 Å². The maximum Gasteiger partial charge on any atom is 0.144 e. The molecule has 0 saturated carbocycles. The number of hydrogen-bond acceptors (Lipinski definition) is 5. The summed E-state index contributed by atoms with van der Waals surface area (Å²) in [7, 11) is 3.60. The largest absolute Gasteiger partial charge is 0.495 e. The highest BCUT2D eigenvalue weighted by atomic mass is 16.5. The number of hydrogen-bond donors (Lipinski definition) is 1. The highest BCUT2D eigenvalue weighted by Gasteiger charge is 2.12. The fraction of sp³-hybridized carbons (Fsp3) is 0.286. The summed E-state index contributed by atoms with van der Waals surface area (Å²) in [6, 6.07) is 7.87. The molecule has 0 atom stereocenters. The minimum absolute atomic E-state index is 0.326. The standard InChI is InChI=1S/C14H18N4O/c1-10-4-5-12(19-3)11(8-10)18(2)14-6-7-16-13(9-15)17-14/h4-8H,9,15H2,1-3H3. The topological polar surface area (TPSA) is 64.3 Å². The van der Waals surface area contributed by atoms with Gasteiger partial charge in [-0.15, -0.1) is 0 Å². The number of ether oxygens (including phenoxy) is 1. The van der Waals surface area contributed by atoms with E-state index in [0.717, 1.165) is 22.8 Å². The third-order valence-electron chi connectivity index (χ3n) is 2.91. The molecule has 5 heteroatoms. The molecule has 0 aliphatic heterocycles. The van der Waals surface area contributed by atoms with E-state index in [1.165, 1.54) is 0 Å². The van der Waals surface area contributed by atoms with Gasteiger partial charge < -0.3 is 15.4 Å². The van der Waals surface area contributed by atoms with E-state index in [4.69, 9.17) is 10.5 Å². The Morgan fingerprint density at radius 3 is 2.79 bits per heavy atom. The zero-order valence-electron chi connectivity index (χ0n) is 11.4. The fourth-order valence-corrected chi connectivity index (χ4v) is 1.86. The maximum absolute atomic E-state index is 5.57. The van der Waals surface area contributed by atoms with Crippen molar-refractivity contribution in [2.45, 2.75) is 13.5 Å². The molecule has 0 bridgehead atoms. The summed E-state index contributed by atoms with van der Waals surface area (Å²) in [6.45, 7) is 2.37. The number of benzene rings is 1. The number of nitrogens with two attached hydrogens (primary N) is 1. The second kappa shape index (κ2) is 5.67. The summed E-state index contributed by atoms with van der Waals surface area (Å²) in [5, 5.41) is 0. The summed E-state index contributed by atoms with van der Waals surface area (Å²) >= 11 is 0. The molecule has 1 aromatic carbocycles. The summed E-state index contributed by atoms with van der Waals surface area (Å²) < 4.78 is 5.39. The van der Waals surface area contributed by atoms with Crippen LogP contribution >= 0.6 is 0 Å². The molecule has 1 heterocycles. The zero-order valence-corrected chi connectivity index (χ0v) is 11.4. The van der Waals surface area contributed by atoms with Crippen LogP contribution in [0.1, 0.15) is 11.4 Å². The Hall–Kier alpha value is -2.14. The van der Waals surface area contributed by atoms with Crippen LogP contribution in [-0.2, 0) is 6.54 Å². The van der Waals surface area contributed by atoms with Gasteiger partial charge in [0.15, 0.2) is 0 Å². The number of rotatable bonds is 4. The summed E-state index contributed by atoms with van der Waals surface area (Å²) in [5.74, 6) is 2.22. The molecule has 5 nitrogen and oxygen atoms in total. The molecule has 0 radical (unpaired) electrons. The van der Waals surface area contributed by atoms with Gasteiger partial charge in [-0.05, 0) is 30.7 Å². The molecule has 0 aliphatic rings. The van der Waals surface area contributed by atoms with Crippen molar-refractivity contribution in [1.29, 1.82) is 0 Å². The minimum Gasteiger partial charge on any atom is -0.495 e. The predicted molar refractivity (Wildman–Crippen MR) is 75.7 cm³/mol. The van der Waals surface area contributed by atoms with Crippen LogP contribution in [-0.4, -0.2) is 24.1 Å². The van der Waals surface area contributed by atoms with Gasteiger partial charge in [-0.1, -0.05) is 6.07 Å². The first-order valence-corrected chi connectivity index (χ1v) is 6.06. The Balaban J connectivity index is 2.42. The molecule has 0 unspecified atom stereocenters. The highest BCUT2D eigenvalue weighted by molar-refractivity contribution is 5.67. The number of methoxy groups -OCH3 is 1. The first-order chi connectivity index (χ1) is 9.15. The quantitative estimate of drug-likeness (QED) is 0.909. The number of aryl methyl sites for hydroxylation is 1. The molecule has 2 rings (SSSR count). The van der Waals surface area contributed by atoms with Crippen LogP contribution in [0.2, 0.25) is 0 Å². The van der Waals surface area contributed by atoms with Gasteiger partial charge in [0.1, 0.15) is 17.4 Å². The lowest BCUT2D eigenvalue weighted by Gasteiger charge is -2.21. The first kappa shape index (κ1) is 13.3. The van der Waals surface area contributed by atoms with Crippen LogP contribution in [0.3, 0.4) is 0 Å². The molecule has 2 aromatic rings. The lowest BCUT2D eigenvalue weighted by Crippen LogP contribution is -2.14. The van der Waals surface area contributed by atoms with Gasteiger partial charge in [0.25, 0.3) is 0 Å². The van der Waals surface area contributed by atoms with Crippen molar-refractivity contribution in [3.05, 3.63) is 41.9 Å². The van der Waals surface area contributed by atoms with Crippen LogP contribution in [0.4, 0.5) is 11.5 Å². The van der Waals surface area contributed by atoms with Gasteiger partial charge in [0.05, 0.1) is 19.3 Å². The lowest BCUT2D eigenvalue weighted by atomic mass is 10.2. The Morgan fingerprint density at radius 2 is 2.11 bits per heavy atom. The van der Waals surface area contributed by atoms with Crippen LogP contribution in [0.5, 0.6) is 5.75 Å². The smallest absolute Gasteiger partial charge is 0.144 e. The van der Waals surface area contributed by atoms with Gasteiger partial charge in [0.2, 0.25) is 0 Å². The van der Waals surface area contributed by atoms with Gasteiger partial charge >= 0.3 is 0 Å². The molecular weight excluding hydrogens is 240 g/mol. The molecule has 1 aromatic heterocycles. The van der Waals surface area contributed by atoms with E-state index in [0.29, 0.717) is 12.4 Å². The first-order valence-electron chi connectivity index (χ1n) is 6.06. The van der Waals surface area contributed by atoms with Crippen molar-refractivity contribution in [2.75, 3.05) is 19.1 Å². The van der Waals surface area contributed by atoms with E-state index in [9.17, 15) is 0 Å². The normalized spacial score (nSPS) is 10.3. The van der Waals surface area contributed by atoms with Crippen molar-refractivity contribution in [2.24, 2.45) is 5.73 Å². The molecule has 0 fully saturated rings. The number of aromatic nitrogens is 2. The Morgan fingerprint density at radius 1 is 1.32 bits per heavy atom. The Kier molecular flexibility index (Phi) is 3.97. The predicted octanol–water partition coefficient (Wildman–Crippen LogP) is 2.02. The van der Waals surface area contributed by atoms with E-state index in [2.05, 4.69) is 16.0 Å². The summed E-state index contributed by atoms with van der Waals surface area (Å²) in [4.78, 5) is 10.5. The maximum atomic E-state index is 5.57. The molecule has 2 N–H and O–H groups in total. The molecule has 0 spiro atoms. The molecule has 19 heavy (non-hydrogen) atoms. The number of nitrogens with zero attached hydrogens (tertiary/aromatic N) is 3. The number of anilines is 2. The molecular formula is C14H18N4O. The Bertz CT molecular complexity index is 571. The summed E-state index contributed by atoms with van der Waals surface area (Å²) in [5.41, 5.74) is 7.69. The molecule has 0 aliphatic carbocycles. The van der Waals surface area contributed by atoms with E-state index < -0.39 is 0 Å². The second-order valence-electron chi connectivity index (χ2n) is 4.27. The van der Waals surface area contributed by atoms with E-state index in [-0.39, 0.29) is 0 Å². The van der Waals surface area contributed by atoms with Gasteiger partial charge in [-0.3, -0.25) is 0 Å². The van der Waals surface area contributed by atoms with Crippen molar-refractivity contribution in [3.8, 4) is 5.75 Å². The fourth-order valence-electron chi connectivity index (χ4n) is 1.86. The molecule has 100 valence electrons. The zero-order chi connectivity index (χ0) is 13.8. The van der Waals surface area contributed by atoms with Crippen molar-refractivity contribution in [3.63, 3.8) is 0 Å². The third-order valence-corrected chi connectivity index (χ3v) is 2.91.